The summed E-state index contributed by atoms with van der Waals surface area (Å²) in [5, 5.41) is 19.0. The van der Waals surface area contributed by atoms with E-state index in [2.05, 4.69) is 15.9 Å². The van der Waals surface area contributed by atoms with Gasteiger partial charge in [0, 0.05) is 20.7 Å². The van der Waals surface area contributed by atoms with Crippen LogP contribution in [0.5, 0.6) is 0 Å². The van der Waals surface area contributed by atoms with E-state index in [0.717, 1.165) is 6.07 Å². The fourth-order valence-electron chi connectivity index (χ4n) is 0.623. The normalized spacial score (nSPS) is 9.83. The Kier molecular flexibility index (Phi) is 2.22. The molecule has 7 heteroatoms. The predicted octanol–water partition coefficient (Wildman–Crippen LogP) is 1.02. The van der Waals surface area contributed by atoms with Gasteiger partial charge in [0.2, 0.25) is 0 Å². The molecule has 0 saturated carbocycles. The van der Waals surface area contributed by atoms with Crippen LogP contribution in [0.1, 0.15) is 0 Å². The molecular formula is C5H3BrFN2O3+. The minimum atomic E-state index is -1.09. The molecule has 1 aromatic heterocycles. The van der Waals surface area contributed by atoms with Crippen molar-refractivity contribution in [2.45, 2.75) is 0 Å². The van der Waals surface area contributed by atoms with E-state index in [4.69, 9.17) is 5.21 Å². The molecule has 12 heavy (non-hydrogen) atoms. The molecule has 1 heterocycles. The van der Waals surface area contributed by atoms with Crippen molar-refractivity contribution in [2.75, 3.05) is 0 Å². The van der Waals surface area contributed by atoms with Crippen LogP contribution >= 0.6 is 15.9 Å². The zero-order valence-electron chi connectivity index (χ0n) is 5.57. The van der Waals surface area contributed by atoms with Gasteiger partial charge in [-0.05, 0) is 0 Å². The van der Waals surface area contributed by atoms with Crippen LogP contribution in [-0.4, -0.2) is 10.1 Å². The second-order valence-corrected chi connectivity index (χ2v) is 2.74. The van der Waals surface area contributed by atoms with Gasteiger partial charge >= 0.3 is 10.3 Å². The lowest BCUT2D eigenvalue weighted by molar-refractivity contribution is -0.914. The Hall–Kier alpha value is -1.24. The van der Waals surface area contributed by atoms with Crippen molar-refractivity contribution in [3.63, 3.8) is 0 Å². The van der Waals surface area contributed by atoms with E-state index in [1.165, 1.54) is 0 Å². The maximum atomic E-state index is 12.6. The predicted molar refractivity (Wildman–Crippen MR) is 38.1 cm³/mol. The van der Waals surface area contributed by atoms with Crippen molar-refractivity contribution in [1.29, 1.82) is 0 Å². The highest BCUT2D eigenvalue weighted by Crippen LogP contribution is 2.17. The van der Waals surface area contributed by atoms with E-state index in [0.29, 0.717) is 10.9 Å². The lowest BCUT2D eigenvalue weighted by atomic mass is 10.4. The van der Waals surface area contributed by atoms with Gasteiger partial charge in [0.05, 0.1) is 4.92 Å². The summed E-state index contributed by atoms with van der Waals surface area (Å²) in [4.78, 5) is 9.26. The Bertz CT molecular complexity index is 344. The molecular weight excluding hydrogens is 235 g/mol. The molecule has 0 radical (unpaired) electrons. The topological polar surface area (TPSA) is 67.2 Å². The molecule has 0 spiro atoms. The average molecular weight is 238 g/mol. The number of nitrogens with zero attached hydrogens (tertiary/aromatic N) is 2. The standard InChI is InChI=1S/C5H3BrFN2O3/c6-5-1-4(9(11)12)3(7)2-8(5)10/h1-2,10H/q+1. The van der Waals surface area contributed by atoms with Crippen LogP contribution in [0.15, 0.2) is 16.9 Å². The maximum Gasteiger partial charge on any atom is 0.318 e. The fourth-order valence-corrected chi connectivity index (χ4v) is 0.942. The molecule has 5 nitrogen and oxygen atoms in total. The highest BCUT2D eigenvalue weighted by Gasteiger charge is 2.22. The van der Waals surface area contributed by atoms with E-state index in [9.17, 15) is 14.5 Å². The number of rotatable bonds is 1. The molecule has 0 atom stereocenters. The number of aromatic nitrogens is 1. The Morgan fingerprint density at radius 1 is 1.75 bits per heavy atom. The molecule has 1 rings (SSSR count). The lowest BCUT2D eigenvalue weighted by Gasteiger charge is -1.90. The first-order chi connectivity index (χ1) is 5.52. The van der Waals surface area contributed by atoms with E-state index in [1.54, 1.807) is 0 Å². The van der Waals surface area contributed by atoms with Gasteiger partial charge in [-0.3, -0.25) is 15.3 Å². The van der Waals surface area contributed by atoms with Gasteiger partial charge in [0.25, 0.3) is 12.0 Å². The Labute approximate surface area is 74.3 Å². The van der Waals surface area contributed by atoms with Crippen molar-refractivity contribution in [1.82, 2.24) is 0 Å². The third-order valence-electron chi connectivity index (χ3n) is 1.15. The zero-order chi connectivity index (χ0) is 9.30. The van der Waals surface area contributed by atoms with E-state index in [1.807, 2.05) is 0 Å². The summed E-state index contributed by atoms with van der Waals surface area (Å²) < 4.78 is 13.1. The first-order valence-electron chi connectivity index (χ1n) is 2.76. The summed E-state index contributed by atoms with van der Waals surface area (Å²) in [6, 6.07) is 0.870. The monoisotopic (exact) mass is 237 g/mol. The summed E-state index contributed by atoms with van der Waals surface area (Å²) in [5.41, 5.74) is -0.688. The van der Waals surface area contributed by atoms with Gasteiger partial charge in [0.1, 0.15) is 6.07 Å². The molecule has 1 N–H and O–H groups in total. The zero-order valence-corrected chi connectivity index (χ0v) is 7.15. The number of nitro groups is 1. The van der Waals surface area contributed by atoms with Crippen molar-refractivity contribution in [2.24, 2.45) is 0 Å². The summed E-state index contributed by atoms with van der Waals surface area (Å²) >= 11 is 2.79. The molecule has 0 unspecified atom stereocenters. The molecule has 0 bridgehead atoms. The van der Waals surface area contributed by atoms with Crippen molar-refractivity contribution in [3.8, 4) is 0 Å². The van der Waals surface area contributed by atoms with Crippen LogP contribution in [-0.2, 0) is 0 Å². The first-order valence-corrected chi connectivity index (χ1v) is 3.56. The minimum absolute atomic E-state index is 0.00981. The maximum absolute atomic E-state index is 12.6. The third kappa shape index (κ3) is 1.50. The second kappa shape index (κ2) is 3.02. The molecule has 0 aromatic carbocycles. The van der Waals surface area contributed by atoms with E-state index in [-0.39, 0.29) is 4.60 Å². The Balaban J connectivity index is 3.33. The summed E-state index contributed by atoms with van der Waals surface area (Å²) in [5.74, 6) is -1.09. The van der Waals surface area contributed by atoms with Gasteiger partial charge in [-0.15, -0.1) is 0 Å². The van der Waals surface area contributed by atoms with Crippen molar-refractivity contribution in [3.05, 3.63) is 32.8 Å². The highest BCUT2D eigenvalue weighted by molar-refractivity contribution is 9.10. The summed E-state index contributed by atoms with van der Waals surface area (Å²) in [6.07, 6.45) is 0.599. The molecule has 0 aliphatic rings. The van der Waals surface area contributed by atoms with Gasteiger partial charge < -0.3 is 0 Å². The van der Waals surface area contributed by atoms with Crippen LogP contribution in [0.25, 0.3) is 0 Å². The Morgan fingerprint density at radius 3 is 2.83 bits per heavy atom. The van der Waals surface area contributed by atoms with Gasteiger partial charge in [-0.25, -0.2) is 0 Å². The molecule has 64 valence electrons. The smallest absolute Gasteiger partial charge is 0.284 e. The van der Waals surface area contributed by atoms with Gasteiger partial charge in [0.15, 0.2) is 0 Å². The molecule has 0 fully saturated rings. The second-order valence-electron chi connectivity index (χ2n) is 1.93. The average Bonchev–Trinajstić information content (AvgIpc) is 1.96. The van der Waals surface area contributed by atoms with Crippen molar-refractivity contribution >= 4 is 21.6 Å². The highest BCUT2D eigenvalue weighted by atomic mass is 79.9. The third-order valence-corrected chi connectivity index (χ3v) is 1.74. The van der Waals surface area contributed by atoms with Gasteiger partial charge in [-0.1, -0.05) is 0 Å². The lowest BCUT2D eigenvalue weighted by Crippen LogP contribution is -2.32. The largest absolute Gasteiger partial charge is 0.318 e. The molecule has 0 aliphatic carbocycles. The molecule has 0 saturated heterocycles. The SMILES string of the molecule is O=[N+]([O-])c1cc(Br)[n+](O)cc1F. The molecule has 0 amide bonds. The minimum Gasteiger partial charge on any atom is -0.284 e. The van der Waals surface area contributed by atoms with Crippen LogP contribution in [0.3, 0.4) is 0 Å². The number of pyridine rings is 1. The molecule has 1 aromatic rings. The summed E-state index contributed by atoms with van der Waals surface area (Å²) in [7, 11) is 0. The van der Waals surface area contributed by atoms with Crippen LogP contribution in [0.4, 0.5) is 10.1 Å². The number of halogens is 2. The van der Waals surface area contributed by atoms with E-state index >= 15 is 0 Å². The fraction of sp³-hybridized carbons (Fsp3) is 0. The quantitative estimate of drug-likeness (QED) is 0.261. The molecule has 0 aliphatic heterocycles. The van der Waals surface area contributed by atoms with Crippen LogP contribution in [0, 0.1) is 15.9 Å². The summed E-state index contributed by atoms with van der Waals surface area (Å²) in [6.45, 7) is 0. The van der Waals surface area contributed by atoms with Gasteiger partial charge in [-0.2, -0.15) is 4.39 Å². The Morgan fingerprint density at radius 2 is 2.33 bits per heavy atom. The van der Waals surface area contributed by atoms with Crippen molar-refractivity contribution < 1.29 is 19.3 Å². The van der Waals surface area contributed by atoms with Crippen LogP contribution in [0.2, 0.25) is 0 Å². The van der Waals surface area contributed by atoms with Crippen LogP contribution < -0.4 is 4.73 Å². The first kappa shape index (κ1) is 8.85. The number of hydrogen-bond acceptors (Lipinski definition) is 3. The van der Waals surface area contributed by atoms with E-state index < -0.39 is 16.4 Å². The number of hydrogen-bond donors (Lipinski definition) is 1.